The van der Waals surface area contributed by atoms with Crippen molar-refractivity contribution in [1.29, 1.82) is 0 Å². The fourth-order valence-corrected chi connectivity index (χ4v) is 4.03. The second-order valence-corrected chi connectivity index (χ2v) is 8.77. The lowest BCUT2D eigenvalue weighted by Crippen LogP contribution is -2.06. The second-order valence-electron chi connectivity index (χ2n) is 8.77. The smallest absolute Gasteiger partial charge is 0.0289 e. The van der Waals surface area contributed by atoms with Crippen molar-refractivity contribution in [2.24, 2.45) is 11.8 Å². The molecule has 142 valence electrons. The minimum atomic E-state index is 0.828. The molecule has 1 saturated carbocycles. The summed E-state index contributed by atoms with van der Waals surface area (Å²) < 4.78 is 0. The third-order valence-electron chi connectivity index (χ3n) is 6.25. The van der Waals surface area contributed by atoms with E-state index in [1.54, 1.807) is 0 Å². The Bertz CT molecular complexity index is 315. The lowest BCUT2D eigenvalue weighted by atomic mass is 9.86. The zero-order chi connectivity index (χ0) is 17.6. The Morgan fingerprint density at radius 1 is 0.750 bits per heavy atom. The van der Waals surface area contributed by atoms with Gasteiger partial charge in [-0.3, -0.25) is 0 Å². The highest BCUT2D eigenvalue weighted by Crippen LogP contribution is 2.33. The van der Waals surface area contributed by atoms with Crippen LogP contribution in [0.2, 0.25) is 0 Å². The third-order valence-corrected chi connectivity index (χ3v) is 6.25. The van der Waals surface area contributed by atoms with Gasteiger partial charge in [0, 0.05) is 0 Å². The van der Waals surface area contributed by atoms with Crippen LogP contribution in [0.15, 0.2) is 11.1 Å². The number of hydrogen-bond acceptors (Lipinski definition) is 0. The van der Waals surface area contributed by atoms with Gasteiger partial charge >= 0.3 is 0 Å². The SMILES string of the molecule is CCCCCCCCCCCCC(CC(C)C(C)C)=C1CCCC1. The van der Waals surface area contributed by atoms with Crippen molar-refractivity contribution in [3.8, 4) is 0 Å². The van der Waals surface area contributed by atoms with Crippen LogP contribution in [0, 0.1) is 11.8 Å². The normalized spacial score (nSPS) is 16.1. The number of allylic oxidation sites excluding steroid dienone is 2. The van der Waals surface area contributed by atoms with Crippen LogP contribution in [-0.2, 0) is 0 Å². The van der Waals surface area contributed by atoms with Crippen LogP contribution < -0.4 is 0 Å². The molecule has 1 unspecified atom stereocenters. The van der Waals surface area contributed by atoms with Crippen molar-refractivity contribution in [2.45, 2.75) is 130 Å². The number of hydrogen-bond donors (Lipinski definition) is 0. The highest BCUT2D eigenvalue weighted by molar-refractivity contribution is 5.17. The maximum atomic E-state index is 2.46. The molecule has 0 amide bonds. The maximum absolute atomic E-state index is 2.46. The number of rotatable bonds is 14. The Kier molecular flexibility index (Phi) is 12.7. The lowest BCUT2D eigenvalue weighted by Gasteiger charge is -2.20. The van der Waals surface area contributed by atoms with E-state index in [4.69, 9.17) is 0 Å². The molecule has 1 atom stereocenters. The Morgan fingerprint density at radius 3 is 1.75 bits per heavy atom. The Labute approximate surface area is 153 Å². The fourth-order valence-electron chi connectivity index (χ4n) is 4.03. The summed E-state index contributed by atoms with van der Waals surface area (Å²) in [5.74, 6) is 1.69. The van der Waals surface area contributed by atoms with E-state index < -0.39 is 0 Å². The van der Waals surface area contributed by atoms with Crippen molar-refractivity contribution >= 4 is 0 Å². The molecule has 0 heteroatoms. The molecule has 0 heterocycles. The molecule has 0 nitrogen and oxygen atoms in total. The van der Waals surface area contributed by atoms with Gasteiger partial charge in [0.05, 0.1) is 0 Å². The summed E-state index contributed by atoms with van der Waals surface area (Å²) in [5.41, 5.74) is 3.73. The van der Waals surface area contributed by atoms with Gasteiger partial charge in [-0.05, 0) is 56.8 Å². The van der Waals surface area contributed by atoms with E-state index in [9.17, 15) is 0 Å². The van der Waals surface area contributed by atoms with Crippen molar-refractivity contribution in [1.82, 2.24) is 0 Å². The van der Waals surface area contributed by atoms with Crippen LogP contribution in [0.5, 0.6) is 0 Å². The largest absolute Gasteiger partial charge is 0.0710 e. The summed E-state index contributed by atoms with van der Waals surface area (Å²) in [5, 5.41) is 0. The summed E-state index contributed by atoms with van der Waals surface area (Å²) in [6, 6.07) is 0. The van der Waals surface area contributed by atoms with Gasteiger partial charge in [0.25, 0.3) is 0 Å². The van der Waals surface area contributed by atoms with Crippen molar-refractivity contribution < 1.29 is 0 Å². The van der Waals surface area contributed by atoms with Crippen LogP contribution in [-0.4, -0.2) is 0 Å². The van der Waals surface area contributed by atoms with Crippen LogP contribution in [0.25, 0.3) is 0 Å². The molecule has 0 N–H and O–H groups in total. The summed E-state index contributed by atoms with van der Waals surface area (Å²) in [6.45, 7) is 9.54. The third kappa shape index (κ3) is 9.90. The quantitative estimate of drug-likeness (QED) is 0.220. The molecule has 0 aromatic carbocycles. The average Bonchev–Trinajstić information content (AvgIpc) is 3.09. The molecule has 1 aliphatic rings. The molecule has 1 fully saturated rings. The van der Waals surface area contributed by atoms with Crippen molar-refractivity contribution in [3.05, 3.63) is 11.1 Å². The minimum Gasteiger partial charge on any atom is -0.0710 e. The maximum Gasteiger partial charge on any atom is -0.0289 e. The first kappa shape index (κ1) is 21.8. The van der Waals surface area contributed by atoms with Crippen LogP contribution >= 0.6 is 0 Å². The highest BCUT2D eigenvalue weighted by Gasteiger charge is 2.16. The Hall–Kier alpha value is -0.260. The van der Waals surface area contributed by atoms with Gasteiger partial charge in [0.15, 0.2) is 0 Å². The van der Waals surface area contributed by atoms with E-state index in [-0.39, 0.29) is 0 Å². The van der Waals surface area contributed by atoms with Gasteiger partial charge < -0.3 is 0 Å². The Balaban J connectivity index is 2.16. The average molecular weight is 335 g/mol. The molecule has 0 radical (unpaired) electrons. The van der Waals surface area contributed by atoms with Gasteiger partial charge in [-0.25, -0.2) is 0 Å². The topological polar surface area (TPSA) is 0 Å². The molecule has 0 spiro atoms. The number of unbranched alkanes of at least 4 members (excludes halogenated alkanes) is 9. The standard InChI is InChI=1S/C24H46/c1-5-6-7-8-9-10-11-12-13-14-19-24(20-22(4)21(2)3)23-17-15-16-18-23/h21-22H,5-20H2,1-4H3. The molecule has 0 aromatic rings. The van der Waals surface area contributed by atoms with E-state index >= 15 is 0 Å². The predicted molar refractivity (Wildman–Crippen MR) is 111 cm³/mol. The van der Waals surface area contributed by atoms with E-state index in [0.29, 0.717) is 0 Å². The van der Waals surface area contributed by atoms with E-state index in [0.717, 1.165) is 11.8 Å². The first-order chi connectivity index (χ1) is 11.6. The van der Waals surface area contributed by atoms with E-state index in [1.807, 2.05) is 11.1 Å². The first-order valence-electron chi connectivity index (χ1n) is 11.3. The summed E-state index contributed by atoms with van der Waals surface area (Å²) in [4.78, 5) is 0. The minimum absolute atomic E-state index is 0.828. The zero-order valence-electron chi connectivity index (χ0n) is 17.5. The summed E-state index contributed by atoms with van der Waals surface area (Å²) in [7, 11) is 0. The molecule has 24 heavy (non-hydrogen) atoms. The van der Waals surface area contributed by atoms with Crippen molar-refractivity contribution in [3.63, 3.8) is 0 Å². The molecule has 1 rings (SSSR count). The summed E-state index contributed by atoms with van der Waals surface area (Å²) >= 11 is 0. The van der Waals surface area contributed by atoms with Crippen molar-refractivity contribution in [2.75, 3.05) is 0 Å². The molecule has 0 aromatic heterocycles. The fraction of sp³-hybridized carbons (Fsp3) is 0.917. The molecule has 0 aliphatic heterocycles. The Morgan fingerprint density at radius 2 is 1.25 bits per heavy atom. The predicted octanol–water partition coefficient (Wildman–Crippen LogP) is 8.85. The monoisotopic (exact) mass is 334 g/mol. The van der Waals surface area contributed by atoms with Crippen LogP contribution in [0.3, 0.4) is 0 Å². The van der Waals surface area contributed by atoms with Gasteiger partial charge in [-0.1, -0.05) is 96.6 Å². The van der Waals surface area contributed by atoms with E-state index in [2.05, 4.69) is 27.7 Å². The van der Waals surface area contributed by atoms with Crippen LogP contribution in [0.4, 0.5) is 0 Å². The van der Waals surface area contributed by atoms with Gasteiger partial charge in [-0.15, -0.1) is 0 Å². The molecular formula is C24H46. The molecular weight excluding hydrogens is 288 g/mol. The molecule has 0 saturated heterocycles. The first-order valence-corrected chi connectivity index (χ1v) is 11.3. The molecule has 0 bridgehead atoms. The lowest BCUT2D eigenvalue weighted by molar-refractivity contribution is 0.408. The summed E-state index contributed by atoms with van der Waals surface area (Å²) in [6.07, 6.45) is 23.0. The van der Waals surface area contributed by atoms with Gasteiger partial charge in [0.2, 0.25) is 0 Å². The van der Waals surface area contributed by atoms with E-state index in [1.165, 1.54) is 103 Å². The van der Waals surface area contributed by atoms with Gasteiger partial charge in [0.1, 0.15) is 0 Å². The zero-order valence-corrected chi connectivity index (χ0v) is 17.5. The van der Waals surface area contributed by atoms with Crippen LogP contribution in [0.1, 0.15) is 130 Å². The highest BCUT2D eigenvalue weighted by atomic mass is 14.2. The second kappa shape index (κ2) is 14.0. The molecule has 1 aliphatic carbocycles. The van der Waals surface area contributed by atoms with Gasteiger partial charge in [-0.2, -0.15) is 0 Å².